The van der Waals surface area contributed by atoms with Crippen molar-refractivity contribution in [1.82, 2.24) is 0 Å². The van der Waals surface area contributed by atoms with Gasteiger partial charge in [-0.2, -0.15) is 0 Å². The molecule has 1 aromatic carbocycles. The van der Waals surface area contributed by atoms with Crippen LogP contribution in [0.2, 0.25) is 5.02 Å². The molecule has 0 aliphatic rings. The zero-order chi connectivity index (χ0) is 13.8. The maximum atomic E-state index is 5.86. The summed E-state index contributed by atoms with van der Waals surface area (Å²) in [4.78, 5) is 0. The third-order valence-corrected chi connectivity index (χ3v) is 3.11. The summed E-state index contributed by atoms with van der Waals surface area (Å²) in [5, 5.41) is 0.698. The predicted molar refractivity (Wildman–Crippen MR) is 77.6 cm³/mol. The molecule has 0 saturated heterocycles. The van der Waals surface area contributed by atoms with Gasteiger partial charge < -0.3 is 8.83 Å². The number of halogens is 1. The molecule has 2 heterocycles. The second kappa shape index (κ2) is 5.73. The monoisotopic (exact) mass is 282 g/mol. The molecule has 0 aliphatic heterocycles. The van der Waals surface area contributed by atoms with E-state index < -0.39 is 0 Å². The third kappa shape index (κ3) is 2.79. The van der Waals surface area contributed by atoms with E-state index in [2.05, 4.69) is 11.8 Å². The summed E-state index contributed by atoms with van der Waals surface area (Å²) in [5.74, 6) is 7.62. The second-order valence-corrected chi connectivity index (χ2v) is 4.68. The minimum absolute atomic E-state index is 0.212. The number of furan rings is 2. The molecule has 0 saturated carbocycles. The Morgan fingerprint density at radius 3 is 1.95 bits per heavy atom. The van der Waals surface area contributed by atoms with Crippen LogP contribution in [0.25, 0.3) is 0 Å². The number of benzene rings is 1. The summed E-state index contributed by atoms with van der Waals surface area (Å²) in [6.45, 7) is 0. The molecule has 2 nitrogen and oxygen atoms in total. The average Bonchev–Trinajstić information content (AvgIpc) is 3.14. The zero-order valence-corrected chi connectivity index (χ0v) is 11.3. The van der Waals surface area contributed by atoms with Crippen LogP contribution in [0.3, 0.4) is 0 Å². The van der Waals surface area contributed by atoms with E-state index in [9.17, 15) is 0 Å². The maximum Gasteiger partial charge on any atom is 0.136 e. The van der Waals surface area contributed by atoms with Crippen molar-refractivity contribution in [1.29, 1.82) is 0 Å². The van der Waals surface area contributed by atoms with Crippen molar-refractivity contribution >= 4 is 11.6 Å². The first kappa shape index (κ1) is 12.7. The topological polar surface area (TPSA) is 26.3 Å². The summed E-state index contributed by atoms with van der Waals surface area (Å²) in [6.07, 6.45) is 3.27. The molecular formula is C17H11ClO2. The van der Waals surface area contributed by atoms with Crippen LogP contribution < -0.4 is 0 Å². The van der Waals surface area contributed by atoms with E-state index in [1.807, 2.05) is 48.5 Å². The lowest BCUT2D eigenvalue weighted by Gasteiger charge is -2.03. The lowest BCUT2D eigenvalue weighted by Crippen LogP contribution is -1.94. The summed E-state index contributed by atoms with van der Waals surface area (Å²) >= 11 is 5.86. The Balaban J connectivity index is 1.94. The largest absolute Gasteiger partial charge is 0.468 e. The molecule has 3 heteroatoms. The van der Waals surface area contributed by atoms with Crippen molar-refractivity contribution in [3.63, 3.8) is 0 Å². The summed E-state index contributed by atoms with van der Waals surface area (Å²) in [6, 6.07) is 14.9. The van der Waals surface area contributed by atoms with Crippen LogP contribution in [0.15, 0.2) is 69.9 Å². The lowest BCUT2D eigenvalue weighted by atomic mass is 10.0. The molecule has 3 aromatic rings. The quantitative estimate of drug-likeness (QED) is 0.636. The summed E-state index contributed by atoms with van der Waals surface area (Å²) in [7, 11) is 0. The van der Waals surface area contributed by atoms with E-state index >= 15 is 0 Å². The molecule has 0 amide bonds. The summed E-state index contributed by atoms with van der Waals surface area (Å²) < 4.78 is 10.9. The van der Waals surface area contributed by atoms with Gasteiger partial charge in [-0.1, -0.05) is 23.4 Å². The van der Waals surface area contributed by atoms with Gasteiger partial charge in [-0.25, -0.2) is 0 Å². The van der Waals surface area contributed by atoms with Gasteiger partial charge in [0.25, 0.3) is 0 Å². The van der Waals surface area contributed by atoms with Crippen molar-refractivity contribution in [2.24, 2.45) is 0 Å². The molecule has 2 aromatic heterocycles. The first-order valence-electron chi connectivity index (χ1n) is 6.17. The minimum atomic E-state index is -0.212. The van der Waals surface area contributed by atoms with Crippen molar-refractivity contribution in [2.75, 3.05) is 0 Å². The number of hydrogen-bond donors (Lipinski definition) is 0. The van der Waals surface area contributed by atoms with Crippen molar-refractivity contribution in [2.45, 2.75) is 5.92 Å². The highest BCUT2D eigenvalue weighted by atomic mass is 35.5. The molecule has 0 radical (unpaired) electrons. The van der Waals surface area contributed by atoms with Crippen molar-refractivity contribution in [3.8, 4) is 11.8 Å². The highest BCUT2D eigenvalue weighted by molar-refractivity contribution is 6.30. The molecule has 20 heavy (non-hydrogen) atoms. The molecule has 0 spiro atoms. The van der Waals surface area contributed by atoms with Crippen LogP contribution in [0.1, 0.15) is 23.0 Å². The Kier molecular flexibility index (Phi) is 3.62. The maximum absolute atomic E-state index is 5.86. The van der Waals surface area contributed by atoms with Gasteiger partial charge in [-0.3, -0.25) is 0 Å². The Bertz CT molecular complexity index is 679. The molecule has 0 atom stereocenters. The molecule has 0 N–H and O–H groups in total. The van der Waals surface area contributed by atoms with E-state index in [0.29, 0.717) is 5.02 Å². The Morgan fingerprint density at radius 1 is 0.850 bits per heavy atom. The van der Waals surface area contributed by atoms with Gasteiger partial charge in [0.05, 0.1) is 12.5 Å². The molecule has 3 rings (SSSR count). The zero-order valence-electron chi connectivity index (χ0n) is 10.5. The standard InChI is InChI=1S/C17H11ClO2/c18-14-8-5-13(6-9-14)7-10-15(16-3-1-11-19-16)17-4-2-12-20-17/h1-6,8-9,11-12,15H. The van der Waals surface area contributed by atoms with Gasteiger partial charge in [-0.15, -0.1) is 0 Å². The van der Waals surface area contributed by atoms with E-state index in [4.69, 9.17) is 20.4 Å². The van der Waals surface area contributed by atoms with Gasteiger partial charge in [-0.05, 0) is 48.5 Å². The van der Waals surface area contributed by atoms with E-state index in [-0.39, 0.29) is 5.92 Å². The van der Waals surface area contributed by atoms with Gasteiger partial charge in [0.2, 0.25) is 0 Å². The van der Waals surface area contributed by atoms with Crippen LogP contribution in [-0.2, 0) is 0 Å². The first-order valence-corrected chi connectivity index (χ1v) is 6.54. The van der Waals surface area contributed by atoms with Gasteiger partial charge in [0.15, 0.2) is 0 Å². The highest BCUT2D eigenvalue weighted by Gasteiger charge is 2.16. The molecule has 0 bridgehead atoms. The normalized spacial score (nSPS) is 10.3. The predicted octanol–water partition coefficient (Wildman–Crippen LogP) is 4.71. The second-order valence-electron chi connectivity index (χ2n) is 4.24. The average molecular weight is 283 g/mol. The van der Waals surface area contributed by atoms with Gasteiger partial charge in [0.1, 0.15) is 17.4 Å². The van der Waals surface area contributed by atoms with Crippen LogP contribution in [0, 0.1) is 11.8 Å². The number of hydrogen-bond acceptors (Lipinski definition) is 2. The van der Waals surface area contributed by atoms with Crippen LogP contribution in [0.5, 0.6) is 0 Å². The molecular weight excluding hydrogens is 272 g/mol. The molecule has 0 unspecified atom stereocenters. The van der Waals surface area contributed by atoms with Gasteiger partial charge in [0, 0.05) is 10.6 Å². The third-order valence-electron chi connectivity index (χ3n) is 2.86. The van der Waals surface area contributed by atoms with Crippen LogP contribution in [0.4, 0.5) is 0 Å². The van der Waals surface area contributed by atoms with E-state index in [0.717, 1.165) is 17.1 Å². The van der Waals surface area contributed by atoms with E-state index in [1.165, 1.54) is 0 Å². The molecule has 0 aliphatic carbocycles. The minimum Gasteiger partial charge on any atom is -0.468 e. The fourth-order valence-corrected chi connectivity index (χ4v) is 2.01. The number of rotatable bonds is 2. The molecule has 0 fully saturated rings. The smallest absolute Gasteiger partial charge is 0.136 e. The van der Waals surface area contributed by atoms with Crippen molar-refractivity contribution < 1.29 is 8.83 Å². The fraction of sp³-hybridized carbons (Fsp3) is 0.0588. The highest BCUT2D eigenvalue weighted by Crippen LogP contribution is 2.24. The summed E-state index contributed by atoms with van der Waals surface area (Å²) in [5.41, 5.74) is 0.900. The first-order chi connectivity index (χ1) is 9.83. The SMILES string of the molecule is Clc1ccc(C#CC(c2ccco2)c2ccco2)cc1. The van der Waals surface area contributed by atoms with Crippen molar-refractivity contribution in [3.05, 3.63) is 83.2 Å². The molecule has 98 valence electrons. The van der Waals surface area contributed by atoms with Crippen LogP contribution >= 0.6 is 11.6 Å². The van der Waals surface area contributed by atoms with E-state index in [1.54, 1.807) is 12.5 Å². The Morgan fingerprint density at radius 2 is 1.45 bits per heavy atom. The van der Waals surface area contributed by atoms with Crippen LogP contribution in [-0.4, -0.2) is 0 Å². The lowest BCUT2D eigenvalue weighted by molar-refractivity contribution is 0.458. The Labute approximate surface area is 122 Å². The Hall–Kier alpha value is -2.37. The van der Waals surface area contributed by atoms with Gasteiger partial charge >= 0.3 is 0 Å². The fourth-order valence-electron chi connectivity index (χ4n) is 1.88.